The highest BCUT2D eigenvalue weighted by atomic mass is 19.1. The summed E-state index contributed by atoms with van der Waals surface area (Å²) in [4.78, 5) is 25.6. The molecule has 1 amide bonds. The van der Waals surface area contributed by atoms with E-state index in [0.717, 1.165) is 50.6 Å². The summed E-state index contributed by atoms with van der Waals surface area (Å²) in [6.45, 7) is 1.79. The molecule has 0 aliphatic carbocycles. The largest absolute Gasteiger partial charge is 0.435 e. The Kier molecular flexibility index (Phi) is 6.27. The molecule has 10 heteroatoms. The maximum atomic E-state index is 14.4. The Balaban J connectivity index is 1.50. The number of benzene rings is 2. The van der Waals surface area contributed by atoms with Crippen molar-refractivity contribution in [1.82, 2.24) is 14.9 Å². The van der Waals surface area contributed by atoms with Crippen LogP contribution in [0.2, 0.25) is 0 Å². The van der Waals surface area contributed by atoms with Crippen LogP contribution in [-0.4, -0.2) is 40.4 Å². The van der Waals surface area contributed by atoms with E-state index in [4.69, 9.17) is 9.72 Å². The van der Waals surface area contributed by atoms with E-state index in [1.807, 2.05) is 4.90 Å². The highest BCUT2D eigenvalue weighted by Gasteiger charge is 2.30. The van der Waals surface area contributed by atoms with Gasteiger partial charge in [-0.2, -0.15) is 4.98 Å². The van der Waals surface area contributed by atoms with Gasteiger partial charge >= 0.3 is 0 Å². The number of hydrogen-bond acceptors (Lipinski definition) is 5. The second-order valence-corrected chi connectivity index (χ2v) is 8.58. The van der Waals surface area contributed by atoms with E-state index in [0.29, 0.717) is 35.8 Å². The zero-order valence-electron chi connectivity index (χ0n) is 18.7. The van der Waals surface area contributed by atoms with E-state index < -0.39 is 29.2 Å². The summed E-state index contributed by atoms with van der Waals surface area (Å²) in [5.41, 5.74) is 0.839. The maximum absolute atomic E-state index is 14.4. The molecule has 0 radical (unpaired) electrons. The first-order chi connectivity index (χ1) is 16.9. The zero-order chi connectivity index (χ0) is 24.5. The maximum Gasteiger partial charge on any atom is 0.257 e. The van der Waals surface area contributed by atoms with Crippen molar-refractivity contribution in [2.24, 2.45) is 0 Å². The third-order valence-electron chi connectivity index (χ3n) is 6.20. The van der Waals surface area contributed by atoms with Crippen LogP contribution in [0.1, 0.15) is 40.9 Å². The molecular weight excluding hydrogens is 464 g/mol. The second kappa shape index (κ2) is 9.52. The van der Waals surface area contributed by atoms with Gasteiger partial charge in [-0.15, -0.1) is 0 Å². The lowest BCUT2D eigenvalue weighted by Crippen LogP contribution is -2.38. The van der Waals surface area contributed by atoms with Crippen LogP contribution in [-0.2, 0) is 13.0 Å². The van der Waals surface area contributed by atoms with Gasteiger partial charge in [0.1, 0.15) is 17.5 Å². The van der Waals surface area contributed by atoms with Crippen molar-refractivity contribution in [3.8, 4) is 11.6 Å². The Morgan fingerprint density at radius 2 is 1.57 bits per heavy atom. The van der Waals surface area contributed by atoms with Crippen LogP contribution < -0.4 is 9.64 Å². The molecule has 0 unspecified atom stereocenters. The predicted molar refractivity (Wildman–Crippen MR) is 119 cm³/mol. The van der Waals surface area contributed by atoms with E-state index in [-0.39, 0.29) is 30.3 Å². The minimum absolute atomic E-state index is 0.0105. The lowest BCUT2D eigenvalue weighted by molar-refractivity contribution is 0.0727. The topological polar surface area (TPSA) is 58.6 Å². The highest BCUT2D eigenvalue weighted by molar-refractivity contribution is 5.94. The lowest BCUT2D eigenvalue weighted by Gasteiger charge is -2.32. The Hall–Kier alpha value is -3.69. The molecule has 1 saturated heterocycles. The van der Waals surface area contributed by atoms with Gasteiger partial charge < -0.3 is 14.5 Å². The van der Waals surface area contributed by atoms with Crippen molar-refractivity contribution in [2.75, 3.05) is 24.5 Å². The molecule has 35 heavy (non-hydrogen) atoms. The number of anilines is 1. The first-order valence-electron chi connectivity index (χ1n) is 11.4. The summed E-state index contributed by atoms with van der Waals surface area (Å²) in [5.74, 6) is -3.71. The zero-order valence-corrected chi connectivity index (χ0v) is 18.7. The van der Waals surface area contributed by atoms with E-state index in [2.05, 4.69) is 4.98 Å². The van der Waals surface area contributed by atoms with Crippen molar-refractivity contribution in [2.45, 2.75) is 32.2 Å². The van der Waals surface area contributed by atoms with Gasteiger partial charge in [0.2, 0.25) is 11.8 Å². The fraction of sp³-hybridized carbons (Fsp3) is 0.320. The van der Waals surface area contributed by atoms with Crippen LogP contribution in [0.15, 0.2) is 36.4 Å². The van der Waals surface area contributed by atoms with Crippen molar-refractivity contribution < 1.29 is 27.1 Å². The van der Waals surface area contributed by atoms with E-state index in [9.17, 15) is 22.4 Å². The molecule has 0 bridgehead atoms. The summed E-state index contributed by atoms with van der Waals surface area (Å²) in [5, 5.41) is 0. The highest BCUT2D eigenvalue weighted by Crippen LogP contribution is 2.33. The number of ether oxygens (including phenoxy) is 1. The molecule has 6 nitrogen and oxygen atoms in total. The van der Waals surface area contributed by atoms with Gasteiger partial charge in [0.05, 0.1) is 23.4 Å². The Morgan fingerprint density at radius 3 is 2.29 bits per heavy atom. The van der Waals surface area contributed by atoms with Gasteiger partial charge in [-0.3, -0.25) is 4.79 Å². The molecule has 0 N–H and O–H groups in total. The molecule has 2 aliphatic rings. The van der Waals surface area contributed by atoms with Gasteiger partial charge in [-0.25, -0.2) is 22.5 Å². The van der Waals surface area contributed by atoms with Crippen molar-refractivity contribution >= 4 is 11.9 Å². The Bertz CT molecular complexity index is 1280. The van der Waals surface area contributed by atoms with Crippen LogP contribution in [0.5, 0.6) is 11.6 Å². The lowest BCUT2D eigenvalue weighted by atomic mass is 10.0. The molecule has 2 aliphatic heterocycles. The van der Waals surface area contributed by atoms with Crippen LogP contribution in [0, 0.1) is 23.3 Å². The molecule has 0 saturated carbocycles. The van der Waals surface area contributed by atoms with Crippen LogP contribution in [0.4, 0.5) is 23.5 Å². The molecule has 1 fully saturated rings. The monoisotopic (exact) mass is 486 g/mol. The molecule has 0 atom stereocenters. The summed E-state index contributed by atoms with van der Waals surface area (Å²) < 4.78 is 61.1. The van der Waals surface area contributed by atoms with Gasteiger partial charge in [0.25, 0.3) is 5.91 Å². The fourth-order valence-corrected chi connectivity index (χ4v) is 4.36. The van der Waals surface area contributed by atoms with Crippen LogP contribution >= 0.6 is 0 Å². The summed E-state index contributed by atoms with van der Waals surface area (Å²) >= 11 is 0. The molecule has 182 valence electrons. The standard InChI is InChI=1S/C25H22F4N4O2/c26-15-4-6-17(19(28)12-15)24(34)33-11-8-21-18(14-33)23(35-22-7-5-16(27)13-20(22)29)31-25(30-21)32-9-2-1-3-10-32/h4-7,12-13H,1-3,8-11,14H2. The van der Waals surface area contributed by atoms with Gasteiger partial charge in [0.15, 0.2) is 11.6 Å². The minimum atomic E-state index is -0.956. The normalized spacial score (nSPS) is 15.7. The quantitative estimate of drug-likeness (QED) is 0.485. The number of amides is 1. The number of carbonyl (C=O) groups excluding carboxylic acids is 1. The number of fused-ring (bicyclic) bond motifs is 1. The molecule has 1 aromatic heterocycles. The summed E-state index contributed by atoms with van der Waals surface area (Å²) in [6.07, 6.45) is 3.45. The molecule has 2 aromatic carbocycles. The van der Waals surface area contributed by atoms with E-state index in [1.54, 1.807) is 0 Å². The average molecular weight is 486 g/mol. The third-order valence-corrected chi connectivity index (χ3v) is 6.20. The average Bonchev–Trinajstić information content (AvgIpc) is 2.85. The SMILES string of the molecule is O=C(c1ccc(F)cc1F)N1CCc2nc(N3CCCCC3)nc(Oc3ccc(F)cc3F)c2C1. The number of aromatic nitrogens is 2. The number of rotatable bonds is 4. The Labute approximate surface area is 199 Å². The Morgan fingerprint density at radius 1 is 0.857 bits per heavy atom. The molecule has 5 rings (SSSR count). The molecule has 3 heterocycles. The van der Waals surface area contributed by atoms with Crippen molar-refractivity contribution in [1.29, 1.82) is 0 Å². The number of hydrogen-bond donors (Lipinski definition) is 0. The van der Waals surface area contributed by atoms with Gasteiger partial charge in [-0.1, -0.05) is 0 Å². The first kappa shape index (κ1) is 23.1. The molecule has 3 aromatic rings. The number of piperidine rings is 1. The molecular formula is C25H22F4N4O2. The fourth-order valence-electron chi connectivity index (χ4n) is 4.36. The second-order valence-electron chi connectivity index (χ2n) is 8.58. The third kappa shape index (κ3) is 4.78. The van der Waals surface area contributed by atoms with Crippen molar-refractivity contribution in [3.05, 3.63) is 76.5 Å². The van der Waals surface area contributed by atoms with Crippen molar-refractivity contribution in [3.63, 3.8) is 0 Å². The number of nitrogens with zero attached hydrogens (tertiary/aromatic N) is 4. The smallest absolute Gasteiger partial charge is 0.257 e. The van der Waals surface area contributed by atoms with Crippen LogP contribution in [0.3, 0.4) is 0 Å². The van der Waals surface area contributed by atoms with Gasteiger partial charge in [0, 0.05) is 38.2 Å². The van der Waals surface area contributed by atoms with E-state index in [1.165, 1.54) is 11.0 Å². The molecule has 0 spiro atoms. The predicted octanol–water partition coefficient (Wildman–Crippen LogP) is 5.01. The van der Waals surface area contributed by atoms with Crippen LogP contribution in [0.25, 0.3) is 0 Å². The van der Waals surface area contributed by atoms with E-state index >= 15 is 0 Å². The number of carbonyl (C=O) groups is 1. The van der Waals surface area contributed by atoms with Gasteiger partial charge in [-0.05, 0) is 43.5 Å². The number of halogens is 4. The first-order valence-corrected chi connectivity index (χ1v) is 11.4. The summed E-state index contributed by atoms with van der Waals surface area (Å²) in [6, 6.07) is 5.73. The minimum Gasteiger partial charge on any atom is -0.435 e. The summed E-state index contributed by atoms with van der Waals surface area (Å²) in [7, 11) is 0.